The van der Waals surface area contributed by atoms with E-state index in [-0.39, 0.29) is 16.9 Å². The van der Waals surface area contributed by atoms with E-state index < -0.39 is 0 Å². The first-order chi connectivity index (χ1) is 14.5. The van der Waals surface area contributed by atoms with E-state index in [0.29, 0.717) is 29.8 Å². The first-order valence-corrected chi connectivity index (χ1v) is 9.92. The van der Waals surface area contributed by atoms with Crippen LogP contribution in [0.3, 0.4) is 0 Å². The van der Waals surface area contributed by atoms with Crippen LogP contribution in [0.2, 0.25) is 5.02 Å². The summed E-state index contributed by atoms with van der Waals surface area (Å²) in [6.45, 7) is 11.0. The maximum Gasteiger partial charge on any atom is 0.271 e. The average molecular weight is 419 g/mol. The molecule has 3 aromatic rings. The second-order valence-electron chi connectivity index (χ2n) is 7.24. The molecule has 1 aromatic carbocycles. The summed E-state index contributed by atoms with van der Waals surface area (Å²) in [6.07, 6.45) is 0. The third-order valence-electron chi connectivity index (χ3n) is 5.43. The minimum absolute atomic E-state index is 0.0748. The van der Waals surface area contributed by atoms with Crippen LogP contribution >= 0.6 is 11.6 Å². The van der Waals surface area contributed by atoms with E-state index in [1.165, 1.54) is 10.1 Å². The number of hydrogen-bond donors (Lipinski definition) is 0. The third kappa shape index (κ3) is 3.61. The van der Waals surface area contributed by atoms with Gasteiger partial charge in [-0.05, 0) is 29.8 Å². The van der Waals surface area contributed by atoms with Crippen molar-refractivity contribution < 1.29 is 0 Å². The molecule has 30 heavy (non-hydrogen) atoms. The fourth-order valence-corrected chi connectivity index (χ4v) is 3.96. The van der Waals surface area contributed by atoms with Gasteiger partial charge in [-0.15, -0.1) is 4.98 Å². The molecule has 150 valence electrons. The second-order valence-corrected chi connectivity index (χ2v) is 7.67. The summed E-state index contributed by atoms with van der Waals surface area (Å²) in [5.41, 5.74) is 2.59. The van der Waals surface area contributed by atoms with Gasteiger partial charge in [-0.1, -0.05) is 30.3 Å². The summed E-state index contributed by atoms with van der Waals surface area (Å²) >= 11 is 5.96. The topological polar surface area (TPSA) is 69.5 Å². The molecule has 4 rings (SSSR count). The molecule has 1 aliphatic heterocycles. The number of nitrogens with zero attached hydrogens (tertiary/aromatic N) is 6. The molecule has 2 aromatic heterocycles. The summed E-state index contributed by atoms with van der Waals surface area (Å²) in [7, 11) is 1.62. The Bertz CT molecular complexity index is 1240. The van der Waals surface area contributed by atoms with E-state index in [2.05, 4.69) is 20.8 Å². The van der Waals surface area contributed by atoms with Crippen molar-refractivity contribution in [3.8, 4) is 6.07 Å². The van der Waals surface area contributed by atoms with Crippen molar-refractivity contribution in [3.05, 3.63) is 74.3 Å². The maximum absolute atomic E-state index is 12.8. The molecule has 0 amide bonds. The molecule has 7 nitrogen and oxygen atoms in total. The summed E-state index contributed by atoms with van der Waals surface area (Å²) in [5.74, 6) is 0.243. The lowest BCUT2D eigenvalue weighted by Gasteiger charge is -2.36. The van der Waals surface area contributed by atoms with Gasteiger partial charge >= 0.3 is 0 Å². The predicted octanol–water partition coefficient (Wildman–Crippen LogP) is 3.33. The summed E-state index contributed by atoms with van der Waals surface area (Å²) < 4.78 is 1.43. The van der Waals surface area contributed by atoms with Gasteiger partial charge in [0.15, 0.2) is 0 Å². The van der Waals surface area contributed by atoms with E-state index in [4.69, 9.17) is 18.2 Å². The largest absolute Gasteiger partial charge is 0.364 e. The predicted molar refractivity (Wildman–Crippen MR) is 117 cm³/mol. The van der Waals surface area contributed by atoms with Crippen LogP contribution in [0.15, 0.2) is 41.2 Å². The van der Waals surface area contributed by atoms with Crippen LogP contribution in [0.5, 0.6) is 0 Å². The highest BCUT2D eigenvalue weighted by Crippen LogP contribution is 2.29. The molecule has 3 heterocycles. The fourth-order valence-electron chi connectivity index (χ4n) is 3.83. The average Bonchev–Trinajstić information content (AvgIpc) is 2.78. The van der Waals surface area contributed by atoms with Gasteiger partial charge < -0.3 is 14.3 Å². The van der Waals surface area contributed by atoms with Crippen molar-refractivity contribution in [1.29, 1.82) is 5.26 Å². The van der Waals surface area contributed by atoms with Crippen LogP contribution < -0.4 is 10.5 Å². The smallest absolute Gasteiger partial charge is 0.271 e. The first-order valence-electron chi connectivity index (χ1n) is 9.55. The van der Waals surface area contributed by atoms with Gasteiger partial charge in [0, 0.05) is 44.8 Å². The molecule has 1 aliphatic rings. The Morgan fingerprint density at radius 2 is 1.87 bits per heavy atom. The van der Waals surface area contributed by atoms with Gasteiger partial charge in [-0.2, -0.15) is 5.26 Å². The van der Waals surface area contributed by atoms with Crippen LogP contribution in [-0.2, 0) is 13.6 Å². The van der Waals surface area contributed by atoms with Gasteiger partial charge in [-0.3, -0.25) is 9.69 Å². The van der Waals surface area contributed by atoms with E-state index in [1.807, 2.05) is 29.2 Å². The van der Waals surface area contributed by atoms with Crippen molar-refractivity contribution in [3.63, 3.8) is 0 Å². The Labute approximate surface area is 179 Å². The highest BCUT2D eigenvalue weighted by atomic mass is 35.5. The molecule has 0 radical (unpaired) electrons. The van der Waals surface area contributed by atoms with Crippen molar-refractivity contribution in [2.75, 3.05) is 31.1 Å². The Balaban J connectivity index is 1.66. The van der Waals surface area contributed by atoms with E-state index in [0.717, 1.165) is 24.7 Å². The molecular formula is C22H19ClN6O. The quantitative estimate of drug-likeness (QED) is 0.610. The van der Waals surface area contributed by atoms with Gasteiger partial charge in [0.2, 0.25) is 5.52 Å². The van der Waals surface area contributed by atoms with Gasteiger partial charge in [0.1, 0.15) is 17.3 Å². The Hall–Kier alpha value is -3.39. The van der Waals surface area contributed by atoms with Crippen LogP contribution in [0.1, 0.15) is 11.1 Å². The maximum atomic E-state index is 12.8. The van der Waals surface area contributed by atoms with Gasteiger partial charge in [0.25, 0.3) is 11.4 Å². The zero-order chi connectivity index (χ0) is 21.3. The Morgan fingerprint density at radius 1 is 1.17 bits per heavy atom. The SMILES string of the molecule is [C-]#[N+]c1ccc2c(n1)c(N1CCN(Cc3ccc(Cl)cc3)CC1)c(C#N)c(=O)n2C. The molecule has 0 atom stereocenters. The monoisotopic (exact) mass is 418 g/mol. The number of fused-ring (bicyclic) bond motifs is 1. The number of aryl methyl sites for hydroxylation is 1. The number of pyridine rings is 2. The molecule has 1 saturated heterocycles. The van der Waals surface area contributed by atoms with Crippen LogP contribution in [-0.4, -0.2) is 40.6 Å². The number of benzene rings is 1. The lowest BCUT2D eigenvalue weighted by atomic mass is 10.1. The van der Waals surface area contributed by atoms with E-state index in [9.17, 15) is 10.1 Å². The first kappa shape index (κ1) is 19.9. The molecule has 0 saturated carbocycles. The number of rotatable bonds is 3. The summed E-state index contributed by atoms with van der Waals surface area (Å²) in [4.78, 5) is 25.0. The van der Waals surface area contributed by atoms with Crippen molar-refractivity contribution >= 4 is 34.1 Å². The minimum Gasteiger partial charge on any atom is -0.364 e. The number of anilines is 1. The number of piperazine rings is 1. The Morgan fingerprint density at radius 3 is 2.50 bits per heavy atom. The van der Waals surface area contributed by atoms with Crippen molar-refractivity contribution in [1.82, 2.24) is 14.5 Å². The third-order valence-corrected chi connectivity index (χ3v) is 5.69. The van der Waals surface area contributed by atoms with Crippen molar-refractivity contribution in [2.45, 2.75) is 6.54 Å². The number of hydrogen-bond acceptors (Lipinski definition) is 5. The second kappa shape index (κ2) is 8.16. The minimum atomic E-state index is -0.346. The van der Waals surface area contributed by atoms with E-state index in [1.54, 1.807) is 19.2 Å². The zero-order valence-electron chi connectivity index (χ0n) is 16.5. The highest BCUT2D eigenvalue weighted by molar-refractivity contribution is 6.30. The Kier molecular flexibility index (Phi) is 5.41. The molecule has 0 bridgehead atoms. The number of halogens is 1. The highest BCUT2D eigenvalue weighted by Gasteiger charge is 2.27. The molecule has 0 aliphatic carbocycles. The molecule has 0 unspecified atom stereocenters. The standard InChI is InChI=1S/C22H19ClN6O/c1-25-19-8-7-18-20(26-19)21(17(13-24)22(30)27(18)2)29-11-9-28(10-12-29)14-15-3-5-16(23)6-4-15/h3-8H,9-12,14H2,2H3. The van der Waals surface area contributed by atoms with Crippen LogP contribution in [0, 0.1) is 17.9 Å². The van der Waals surface area contributed by atoms with Gasteiger partial charge in [0.05, 0.1) is 5.52 Å². The molecule has 0 spiro atoms. The lowest BCUT2D eigenvalue weighted by Crippen LogP contribution is -2.46. The lowest BCUT2D eigenvalue weighted by molar-refractivity contribution is 0.250. The zero-order valence-corrected chi connectivity index (χ0v) is 17.2. The van der Waals surface area contributed by atoms with Gasteiger partial charge in [-0.25, -0.2) is 0 Å². The van der Waals surface area contributed by atoms with Crippen LogP contribution in [0.25, 0.3) is 15.9 Å². The number of aromatic nitrogens is 2. The normalized spacial score (nSPS) is 14.5. The van der Waals surface area contributed by atoms with E-state index >= 15 is 0 Å². The number of nitriles is 1. The summed E-state index contributed by atoms with van der Waals surface area (Å²) in [6, 6.07) is 13.2. The summed E-state index contributed by atoms with van der Waals surface area (Å²) in [5, 5.41) is 10.4. The molecule has 1 fully saturated rings. The molecule has 8 heteroatoms. The van der Waals surface area contributed by atoms with Crippen molar-refractivity contribution in [2.24, 2.45) is 7.05 Å². The molecule has 0 N–H and O–H groups in total. The van der Waals surface area contributed by atoms with Crippen LogP contribution in [0.4, 0.5) is 11.5 Å². The molecular weight excluding hydrogens is 400 g/mol. The fraction of sp³-hybridized carbons (Fsp3) is 0.273.